The van der Waals surface area contributed by atoms with Crippen molar-refractivity contribution < 1.29 is 15.1 Å². The van der Waals surface area contributed by atoms with Gasteiger partial charge in [0.25, 0.3) is 5.69 Å². The first kappa shape index (κ1) is 13.6. The van der Waals surface area contributed by atoms with Crippen molar-refractivity contribution in [2.45, 2.75) is 18.6 Å². The number of rotatable bonds is 6. The third kappa shape index (κ3) is 3.48. The van der Waals surface area contributed by atoms with Crippen LogP contribution in [-0.4, -0.2) is 34.8 Å². The number of hydrogen-bond donors (Lipinski definition) is 3. The summed E-state index contributed by atoms with van der Waals surface area (Å²) in [7, 11) is 1.73. The number of aliphatic hydroxyl groups excluding tert-OH is 2. The summed E-state index contributed by atoms with van der Waals surface area (Å²) in [6.07, 6.45) is -1.95. The fourth-order valence-corrected chi connectivity index (χ4v) is 1.56. The molecule has 6 heteroatoms. The van der Waals surface area contributed by atoms with Crippen LogP contribution in [0.15, 0.2) is 24.3 Å². The van der Waals surface area contributed by atoms with E-state index in [2.05, 4.69) is 5.32 Å². The van der Waals surface area contributed by atoms with Crippen LogP contribution in [0.25, 0.3) is 0 Å². The Bertz CT molecular complexity index is 383. The number of benzene rings is 1. The predicted octanol–water partition coefficient (Wildman–Crippen LogP) is 0.599. The van der Waals surface area contributed by atoms with Crippen molar-refractivity contribution >= 4 is 5.69 Å². The van der Waals surface area contributed by atoms with E-state index in [4.69, 9.17) is 0 Å². The number of para-hydroxylation sites is 1. The molecule has 0 spiro atoms. The van der Waals surface area contributed by atoms with Gasteiger partial charge in [0, 0.05) is 6.07 Å². The highest BCUT2D eigenvalue weighted by Crippen LogP contribution is 2.27. The van der Waals surface area contributed by atoms with Gasteiger partial charge < -0.3 is 15.5 Å². The summed E-state index contributed by atoms with van der Waals surface area (Å²) >= 11 is 0. The van der Waals surface area contributed by atoms with Gasteiger partial charge in [-0.1, -0.05) is 12.1 Å². The van der Waals surface area contributed by atoms with Crippen molar-refractivity contribution in [1.82, 2.24) is 5.32 Å². The minimum atomic E-state index is -1.25. The van der Waals surface area contributed by atoms with E-state index >= 15 is 0 Å². The van der Waals surface area contributed by atoms with Crippen LogP contribution in [0.5, 0.6) is 0 Å². The Kier molecular flexibility index (Phi) is 5.02. The SMILES string of the molecule is CNCCC(O)C(O)c1ccccc1[N+](=O)[O-]. The van der Waals surface area contributed by atoms with E-state index in [1.54, 1.807) is 13.1 Å². The molecule has 0 aliphatic heterocycles. The smallest absolute Gasteiger partial charge is 0.275 e. The minimum absolute atomic E-state index is 0.140. The van der Waals surface area contributed by atoms with Crippen LogP contribution < -0.4 is 5.32 Å². The molecule has 17 heavy (non-hydrogen) atoms. The Morgan fingerprint density at radius 1 is 1.41 bits per heavy atom. The van der Waals surface area contributed by atoms with E-state index in [-0.39, 0.29) is 11.3 Å². The molecule has 0 heterocycles. The largest absolute Gasteiger partial charge is 0.390 e. The van der Waals surface area contributed by atoms with E-state index in [1.165, 1.54) is 18.2 Å². The quantitative estimate of drug-likeness (QED) is 0.500. The van der Waals surface area contributed by atoms with Gasteiger partial charge in [0.05, 0.1) is 16.6 Å². The summed E-state index contributed by atoms with van der Waals surface area (Å²) in [5, 5.41) is 33.2. The predicted molar refractivity (Wildman–Crippen MR) is 62.6 cm³/mol. The number of nitro groups is 1. The first-order valence-corrected chi connectivity index (χ1v) is 5.32. The zero-order chi connectivity index (χ0) is 12.8. The van der Waals surface area contributed by atoms with E-state index in [9.17, 15) is 20.3 Å². The molecule has 3 N–H and O–H groups in total. The molecule has 0 amide bonds. The van der Waals surface area contributed by atoms with Crippen LogP contribution in [0.3, 0.4) is 0 Å². The van der Waals surface area contributed by atoms with E-state index in [1.807, 2.05) is 0 Å². The normalized spacial score (nSPS) is 14.3. The summed E-state index contributed by atoms with van der Waals surface area (Å²) < 4.78 is 0. The van der Waals surface area contributed by atoms with Gasteiger partial charge in [-0.15, -0.1) is 0 Å². The number of nitro benzene ring substituents is 1. The summed E-state index contributed by atoms with van der Waals surface area (Å²) in [6, 6.07) is 5.87. The number of aliphatic hydroxyl groups is 2. The lowest BCUT2D eigenvalue weighted by atomic mass is 10.0. The molecule has 0 aliphatic carbocycles. The Hall–Kier alpha value is -1.50. The molecule has 94 valence electrons. The average molecular weight is 240 g/mol. The monoisotopic (exact) mass is 240 g/mol. The third-order valence-electron chi connectivity index (χ3n) is 2.51. The molecule has 0 saturated heterocycles. The van der Waals surface area contributed by atoms with E-state index in [0.29, 0.717) is 13.0 Å². The van der Waals surface area contributed by atoms with Crippen LogP contribution in [0.4, 0.5) is 5.69 Å². The number of hydrogen-bond acceptors (Lipinski definition) is 5. The fraction of sp³-hybridized carbons (Fsp3) is 0.455. The maximum atomic E-state index is 10.8. The van der Waals surface area contributed by atoms with Gasteiger partial charge in [0.2, 0.25) is 0 Å². The molecule has 2 atom stereocenters. The maximum Gasteiger partial charge on any atom is 0.275 e. The van der Waals surface area contributed by atoms with Gasteiger partial charge in [-0.05, 0) is 26.1 Å². The van der Waals surface area contributed by atoms with Crippen molar-refractivity contribution in [2.24, 2.45) is 0 Å². The Labute approximate surface area is 99.0 Å². The van der Waals surface area contributed by atoms with Gasteiger partial charge >= 0.3 is 0 Å². The number of nitrogens with one attached hydrogen (secondary N) is 1. The lowest BCUT2D eigenvalue weighted by molar-refractivity contribution is -0.386. The first-order chi connectivity index (χ1) is 8.07. The van der Waals surface area contributed by atoms with Gasteiger partial charge in [-0.25, -0.2) is 0 Å². The van der Waals surface area contributed by atoms with Gasteiger partial charge in [0.1, 0.15) is 6.10 Å². The summed E-state index contributed by atoms with van der Waals surface area (Å²) in [5.41, 5.74) is -0.0374. The molecule has 0 saturated carbocycles. The van der Waals surface area contributed by atoms with Crippen molar-refractivity contribution in [1.29, 1.82) is 0 Å². The summed E-state index contributed by atoms with van der Waals surface area (Å²) in [6.45, 7) is 0.527. The van der Waals surface area contributed by atoms with E-state index < -0.39 is 17.1 Å². The lowest BCUT2D eigenvalue weighted by Crippen LogP contribution is -2.23. The van der Waals surface area contributed by atoms with Crippen molar-refractivity contribution in [3.05, 3.63) is 39.9 Å². The minimum Gasteiger partial charge on any atom is -0.390 e. The highest BCUT2D eigenvalue weighted by molar-refractivity contribution is 5.41. The standard InChI is InChI=1S/C11H16N2O4/c1-12-7-6-10(14)11(15)8-4-2-3-5-9(8)13(16)17/h2-5,10-12,14-15H,6-7H2,1H3. The highest BCUT2D eigenvalue weighted by atomic mass is 16.6. The molecule has 0 aliphatic rings. The van der Waals surface area contributed by atoms with Crippen molar-refractivity contribution in [3.63, 3.8) is 0 Å². The molecule has 1 aromatic carbocycles. The Morgan fingerprint density at radius 3 is 2.65 bits per heavy atom. The number of nitrogens with zero attached hydrogens (tertiary/aromatic N) is 1. The Balaban J connectivity index is 2.87. The maximum absolute atomic E-state index is 10.8. The molecule has 0 aromatic heterocycles. The van der Waals surface area contributed by atoms with E-state index in [0.717, 1.165) is 0 Å². The van der Waals surface area contributed by atoms with Gasteiger partial charge in [-0.3, -0.25) is 10.1 Å². The van der Waals surface area contributed by atoms with Crippen LogP contribution in [0.2, 0.25) is 0 Å². The van der Waals surface area contributed by atoms with Gasteiger partial charge in [0.15, 0.2) is 0 Å². The first-order valence-electron chi connectivity index (χ1n) is 5.32. The zero-order valence-electron chi connectivity index (χ0n) is 9.54. The van der Waals surface area contributed by atoms with Crippen molar-refractivity contribution in [3.8, 4) is 0 Å². The van der Waals surface area contributed by atoms with Crippen LogP contribution >= 0.6 is 0 Å². The highest BCUT2D eigenvalue weighted by Gasteiger charge is 2.25. The fourth-order valence-electron chi connectivity index (χ4n) is 1.56. The van der Waals surface area contributed by atoms with Crippen molar-refractivity contribution in [2.75, 3.05) is 13.6 Å². The van der Waals surface area contributed by atoms with Crippen LogP contribution in [0.1, 0.15) is 18.1 Å². The lowest BCUT2D eigenvalue weighted by Gasteiger charge is -2.17. The van der Waals surface area contributed by atoms with Gasteiger partial charge in [-0.2, -0.15) is 0 Å². The molecule has 1 aromatic rings. The van der Waals surface area contributed by atoms with Crippen LogP contribution in [0, 0.1) is 10.1 Å². The molecule has 0 fully saturated rings. The molecule has 1 rings (SSSR count). The second-order valence-corrected chi connectivity index (χ2v) is 3.72. The van der Waals surface area contributed by atoms with Crippen LogP contribution in [-0.2, 0) is 0 Å². The average Bonchev–Trinajstić information content (AvgIpc) is 2.34. The molecular formula is C11H16N2O4. The second-order valence-electron chi connectivity index (χ2n) is 3.72. The molecule has 0 bridgehead atoms. The molecule has 0 radical (unpaired) electrons. The summed E-state index contributed by atoms with van der Waals surface area (Å²) in [4.78, 5) is 10.2. The molecule has 6 nitrogen and oxygen atoms in total. The second kappa shape index (κ2) is 6.29. The summed E-state index contributed by atoms with van der Waals surface area (Å²) in [5.74, 6) is 0. The Morgan fingerprint density at radius 2 is 2.06 bits per heavy atom. The topological polar surface area (TPSA) is 95.6 Å². The zero-order valence-corrected chi connectivity index (χ0v) is 9.54. The molecule has 2 unspecified atom stereocenters. The third-order valence-corrected chi connectivity index (χ3v) is 2.51. The molecular weight excluding hydrogens is 224 g/mol.